The number of nitrogens with one attached hydrogen (secondary N) is 1. The molecule has 0 fully saturated rings. The second-order valence-corrected chi connectivity index (χ2v) is 12.0. The fourth-order valence-corrected chi connectivity index (χ4v) is 5.44. The van der Waals surface area contributed by atoms with Gasteiger partial charge in [0.15, 0.2) is 0 Å². The SMILES string of the molecule is CC(C)NC(=O)[C@H](C)N(Cc1ccc(Br)cc1)C(=O)CN(c1ccccc1)S(=O)(=O)c1ccc(Cl)cc1. The van der Waals surface area contributed by atoms with E-state index in [1.54, 1.807) is 37.3 Å². The van der Waals surface area contributed by atoms with E-state index >= 15 is 0 Å². The van der Waals surface area contributed by atoms with Gasteiger partial charge in [-0.25, -0.2) is 8.42 Å². The quantitative estimate of drug-likeness (QED) is 0.342. The van der Waals surface area contributed by atoms with Gasteiger partial charge < -0.3 is 10.2 Å². The van der Waals surface area contributed by atoms with Gasteiger partial charge in [0.1, 0.15) is 12.6 Å². The third kappa shape index (κ3) is 7.56. The zero-order valence-corrected chi connectivity index (χ0v) is 23.9. The Balaban J connectivity index is 1.99. The second kappa shape index (κ2) is 12.6. The van der Waals surface area contributed by atoms with Crippen molar-refractivity contribution >= 4 is 55.1 Å². The number of carbonyl (C=O) groups is 2. The summed E-state index contributed by atoms with van der Waals surface area (Å²) in [5.41, 5.74) is 1.13. The number of anilines is 1. The molecule has 1 N–H and O–H groups in total. The summed E-state index contributed by atoms with van der Waals surface area (Å²) >= 11 is 9.36. The summed E-state index contributed by atoms with van der Waals surface area (Å²) < 4.78 is 29.3. The maximum Gasteiger partial charge on any atom is 0.264 e. The molecule has 0 aliphatic heterocycles. The van der Waals surface area contributed by atoms with Gasteiger partial charge in [-0.05, 0) is 74.9 Å². The summed E-state index contributed by atoms with van der Waals surface area (Å²) in [5.74, 6) is -0.844. The van der Waals surface area contributed by atoms with Gasteiger partial charge in [-0.1, -0.05) is 57.9 Å². The molecule has 0 spiro atoms. The van der Waals surface area contributed by atoms with E-state index in [0.29, 0.717) is 10.7 Å². The van der Waals surface area contributed by atoms with Crippen LogP contribution < -0.4 is 9.62 Å². The largest absolute Gasteiger partial charge is 0.352 e. The van der Waals surface area contributed by atoms with Crippen LogP contribution in [-0.4, -0.2) is 43.8 Å². The zero-order valence-electron chi connectivity index (χ0n) is 20.8. The molecular weight excluding hydrogens is 578 g/mol. The highest BCUT2D eigenvalue weighted by Gasteiger charge is 2.32. The molecule has 37 heavy (non-hydrogen) atoms. The maximum absolute atomic E-state index is 13.8. The van der Waals surface area contributed by atoms with Crippen LogP contribution >= 0.6 is 27.5 Å². The van der Waals surface area contributed by atoms with Crippen molar-refractivity contribution in [1.82, 2.24) is 10.2 Å². The number of hydrogen-bond acceptors (Lipinski definition) is 4. The van der Waals surface area contributed by atoms with Gasteiger partial charge in [-0.3, -0.25) is 13.9 Å². The average molecular weight is 607 g/mol. The number of sulfonamides is 1. The number of carbonyl (C=O) groups excluding carboxylic acids is 2. The van der Waals surface area contributed by atoms with E-state index in [1.807, 2.05) is 38.1 Å². The number of hydrogen-bond donors (Lipinski definition) is 1. The van der Waals surface area contributed by atoms with Crippen LogP contribution in [0.5, 0.6) is 0 Å². The molecule has 3 rings (SSSR count). The van der Waals surface area contributed by atoms with Crippen molar-refractivity contribution in [2.45, 2.75) is 44.3 Å². The smallest absolute Gasteiger partial charge is 0.264 e. The minimum Gasteiger partial charge on any atom is -0.352 e. The topological polar surface area (TPSA) is 86.8 Å². The molecule has 0 heterocycles. The highest BCUT2D eigenvalue weighted by atomic mass is 79.9. The van der Waals surface area contributed by atoms with Crippen LogP contribution in [0.15, 0.2) is 88.2 Å². The Morgan fingerprint density at radius 1 is 0.919 bits per heavy atom. The summed E-state index contributed by atoms with van der Waals surface area (Å²) in [4.78, 5) is 28.1. The molecular formula is C27H29BrClN3O4S. The van der Waals surface area contributed by atoms with E-state index in [0.717, 1.165) is 14.3 Å². The number of nitrogens with zero attached hydrogens (tertiary/aromatic N) is 2. The molecule has 0 radical (unpaired) electrons. The lowest BCUT2D eigenvalue weighted by Gasteiger charge is -2.32. The Kier molecular flexibility index (Phi) is 9.75. The first kappa shape index (κ1) is 28.7. The third-order valence-corrected chi connectivity index (χ3v) is 8.16. The lowest BCUT2D eigenvalue weighted by molar-refractivity contribution is -0.139. The number of halogens is 2. The van der Waals surface area contributed by atoms with Crippen molar-refractivity contribution in [3.05, 3.63) is 93.9 Å². The molecule has 0 aliphatic carbocycles. The van der Waals surface area contributed by atoms with Crippen molar-refractivity contribution in [2.75, 3.05) is 10.8 Å². The zero-order chi connectivity index (χ0) is 27.2. The van der Waals surface area contributed by atoms with E-state index < -0.39 is 28.5 Å². The van der Waals surface area contributed by atoms with E-state index in [2.05, 4.69) is 21.2 Å². The van der Waals surface area contributed by atoms with Crippen molar-refractivity contribution in [3.63, 3.8) is 0 Å². The number of benzene rings is 3. The molecule has 0 saturated heterocycles. The van der Waals surface area contributed by atoms with Gasteiger partial charge in [-0.15, -0.1) is 0 Å². The van der Waals surface area contributed by atoms with Gasteiger partial charge in [0.05, 0.1) is 10.6 Å². The highest BCUT2D eigenvalue weighted by Crippen LogP contribution is 2.25. The summed E-state index contributed by atoms with van der Waals surface area (Å²) in [6.07, 6.45) is 0. The summed E-state index contributed by atoms with van der Waals surface area (Å²) in [6, 6.07) is 20.6. The molecule has 7 nitrogen and oxygen atoms in total. The molecule has 0 aromatic heterocycles. The van der Waals surface area contributed by atoms with Crippen molar-refractivity contribution in [2.24, 2.45) is 0 Å². The lowest BCUT2D eigenvalue weighted by Crippen LogP contribution is -2.52. The summed E-state index contributed by atoms with van der Waals surface area (Å²) in [7, 11) is -4.12. The fraction of sp³-hybridized carbons (Fsp3) is 0.259. The van der Waals surface area contributed by atoms with Gasteiger partial charge >= 0.3 is 0 Å². The Bertz CT molecular complexity index is 1320. The lowest BCUT2D eigenvalue weighted by atomic mass is 10.1. The monoisotopic (exact) mass is 605 g/mol. The second-order valence-electron chi connectivity index (χ2n) is 8.79. The molecule has 196 valence electrons. The van der Waals surface area contributed by atoms with Crippen LogP contribution in [0.3, 0.4) is 0 Å². The molecule has 3 aromatic rings. The predicted molar refractivity (Wildman–Crippen MR) is 150 cm³/mol. The van der Waals surface area contributed by atoms with Crippen LogP contribution in [0.1, 0.15) is 26.3 Å². The van der Waals surface area contributed by atoms with Gasteiger partial charge in [0, 0.05) is 22.1 Å². The first-order valence-corrected chi connectivity index (χ1v) is 14.3. The first-order valence-electron chi connectivity index (χ1n) is 11.7. The maximum atomic E-state index is 13.8. The van der Waals surface area contributed by atoms with Crippen LogP contribution in [0.25, 0.3) is 0 Å². The number of amides is 2. The van der Waals surface area contributed by atoms with E-state index in [4.69, 9.17) is 11.6 Å². The van der Waals surface area contributed by atoms with Gasteiger partial charge in [0.2, 0.25) is 11.8 Å². The number of rotatable bonds is 10. The number of para-hydroxylation sites is 1. The molecule has 3 aromatic carbocycles. The molecule has 0 bridgehead atoms. The van der Waals surface area contributed by atoms with Crippen molar-refractivity contribution in [1.29, 1.82) is 0 Å². The van der Waals surface area contributed by atoms with Crippen LogP contribution in [0, 0.1) is 0 Å². The average Bonchev–Trinajstić information content (AvgIpc) is 2.86. The minimum atomic E-state index is -4.12. The molecule has 1 atom stereocenters. The van der Waals surface area contributed by atoms with E-state index in [1.165, 1.54) is 29.2 Å². The van der Waals surface area contributed by atoms with Crippen LogP contribution in [0.2, 0.25) is 5.02 Å². The minimum absolute atomic E-state index is 0.00129. The van der Waals surface area contributed by atoms with E-state index in [-0.39, 0.29) is 23.4 Å². The highest BCUT2D eigenvalue weighted by molar-refractivity contribution is 9.10. The Labute approximate surface area is 231 Å². The Hall–Kier alpha value is -2.88. The van der Waals surface area contributed by atoms with Crippen molar-refractivity contribution in [3.8, 4) is 0 Å². The fourth-order valence-electron chi connectivity index (χ4n) is 3.63. The van der Waals surface area contributed by atoms with Crippen LogP contribution in [0.4, 0.5) is 5.69 Å². The van der Waals surface area contributed by atoms with Crippen molar-refractivity contribution < 1.29 is 18.0 Å². The summed E-state index contributed by atoms with van der Waals surface area (Å²) in [5, 5.41) is 3.23. The molecule has 2 amide bonds. The predicted octanol–water partition coefficient (Wildman–Crippen LogP) is 5.24. The molecule has 0 aliphatic rings. The normalized spacial score (nSPS) is 12.2. The van der Waals surface area contributed by atoms with E-state index in [9.17, 15) is 18.0 Å². The molecule has 0 unspecified atom stereocenters. The summed E-state index contributed by atoms with van der Waals surface area (Å²) in [6.45, 7) is 4.94. The van der Waals surface area contributed by atoms with Gasteiger partial charge in [0.25, 0.3) is 10.0 Å². The molecule has 0 saturated carbocycles. The molecule has 10 heteroatoms. The Morgan fingerprint density at radius 3 is 2.08 bits per heavy atom. The Morgan fingerprint density at radius 2 is 1.51 bits per heavy atom. The van der Waals surface area contributed by atoms with Crippen LogP contribution in [-0.2, 0) is 26.2 Å². The van der Waals surface area contributed by atoms with Gasteiger partial charge in [-0.2, -0.15) is 0 Å². The third-order valence-electron chi connectivity index (χ3n) is 5.59. The first-order chi connectivity index (χ1) is 17.5. The standard InChI is InChI=1S/C27H29BrClN3O4S/c1-19(2)30-27(34)20(3)31(17-21-9-11-22(28)12-10-21)26(33)18-32(24-7-5-4-6-8-24)37(35,36)25-15-13-23(29)14-16-25/h4-16,19-20H,17-18H2,1-3H3,(H,30,34)/t20-/m0/s1.